The minimum atomic E-state index is -0.796. The first kappa shape index (κ1) is 77.5. The molecule has 0 spiro atoms. The van der Waals surface area contributed by atoms with E-state index in [0.717, 1.165) is 148 Å². The SMILES string of the molecule is CC/C=C\C/C=C\C/C=C\C/C=C\C/C=C\CCCCCCCCCC(=O)OC(COC(=O)CCCCCCC/C=C\C/C=C\CCCC)COC(=O)CCCCCCCCCCCCCCCC/C=C\C/C=C\C/C=C\C/C=C\CC. The van der Waals surface area contributed by atoms with Crippen LogP contribution in [0.15, 0.2) is 134 Å². The molecule has 0 N–H and O–H groups in total. The van der Waals surface area contributed by atoms with E-state index in [-0.39, 0.29) is 31.1 Å². The third-order valence-electron chi connectivity index (χ3n) is 14.4. The molecular weight excluding hydrogens is 1010 g/mol. The van der Waals surface area contributed by atoms with Crippen LogP contribution in [0, 0.1) is 0 Å². The smallest absolute Gasteiger partial charge is 0.306 e. The fourth-order valence-electron chi connectivity index (χ4n) is 9.30. The van der Waals surface area contributed by atoms with Crippen LogP contribution in [0.1, 0.15) is 310 Å². The highest BCUT2D eigenvalue weighted by Crippen LogP contribution is 2.16. The lowest BCUT2D eigenvalue weighted by molar-refractivity contribution is -0.167. The van der Waals surface area contributed by atoms with Gasteiger partial charge in [-0.15, -0.1) is 0 Å². The Morgan fingerprint density at radius 1 is 0.256 bits per heavy atom. The molecule has 6 nitrogen and oxygen atoms in total. The van der Waals surface area contributed by atoms with Crippen LogP contribution >= 0.6 is 0 Å². The summed E-state index contributed by atoms with van der Waals surface area (Å²) in [5.74, 6) is -0.909. The quantitative estimate of drug-likeness (QED) is 0.0261. The Morgan fingerprint density at radius 2 is 0.476 bits per heavy atom. The van der Waals surface area contributed by atoms with E-state index in [1.807, 2.05) is 0 Å². The maximum absolute atomic E-state index is 12.9. The van der Waals surface area contributed by atoms with Crippen molar-refractivity contribution in [3.05, 3.63) is 134 Å². The molecule has 0 aliphatic rings. The number of hydrogen-bond acceptors (Lipinski definition) is 6. The lowest BCUT2D eigenvalue weighted by Crippen LogP contribution is -2.30. The van der Waals surface area contributed by atoms with Gasteiger partial charge in [0.05, 0.1) is 0 Å². The van der Waals surface area contributed by atoms with Crippen LogP contribution in [-0.2, 0) is 28.6 Å². The molecule has 1 unspecified atom stereocenters. The van der Waals surface area contributed by atoms with Crippen LogP contribution in [0.3, 0.4) is 0 Å². The minimum Gasteiger partial charge on any atom is -0.462 e. The Balaban J connectivity index is 4.35. The summed E-state index contributed by atoms with van der Waals surface area (Å²) in [6, 6.07) is 0. The van der Waals surface area contributed by atoms with Gasteiger partial charge in [-0.2, -0.15) is 0 Å². The molecule has 0 aromatic carbocycles. The van der Waals surface area contributed by atoms with Gasteiger partial charge >= 0.3 is 17.9 Å². The number of rotatable bonds is 61. The molecule has 0 saturated carbocycles. The second-order valence-corrected chi connectivity index (χ2v) is 22.3. The average molecular weight is 1140 g/mol. The molecule has 0 aromatic heterocycles. The van der Waals surface area contributed by atoms with E-state index in [1.54, 1.807) is 0 Å². The Hall–Kier alpha value is -4.45. The van der Waals surface area contributed by atoms with E-state index in [4.69, 9.17) is 14.2 Å². The number of allylic oxidation sites excluding steroid dienone is 22. The van der Waals surface area contributed by atoms with Crippen molar-refractivity contribution in [2.45, 2.75) is 316 Å². The van der Waals surface area contributed by atoms with Crippen LogP contribution in [-0.4, -0.2) is 37.2 Å². The monoisotopic (exact) mass is 1130 g/mol. The van der Waals surface area contributed by atoms with E-state index in [2.05, 4.69) is 154 Å². The van der Waals surface area contributed by atoms with Gasteiger partial charge in [-0.25, -0.2) is 0 Å². The van der Waals surface area contributed by atoms with Gasteiger partial charge in [-0.05, 0) is 128 Å². The van der Waals surface area contributed by atoms with Crippen molar-refractivity contribution >= 4 is 17.9 Å². The highest BCUT2D eigenvalue weighted by atomic mass is 16.6. The first-order valence-corrected chi connectivity index (χ1v) is 34.2. The highest BCUT2D eigenvalue weighted by Gasteiger charge is 2.19. The molecule has 0 amide bonds. The zero-order valence-electron chi connectivity index (χ0n) is 53.5. The zero-order valence-corrected chi connectivity index (χ0v) is 53.5. The Bertz CT molecular complexity index is 1730. The van der Waals surface area contributed by atoms with Crippen LogP contribution in [0.5, 0.6) is 0 Å². The maximum Gasteiger partial charge on any atom is 0.306 e. The molecule has 466 valence electrons. The van der Waals surface area contributed by atoms with Crippen molar-refractivity contribution in [2.24, 2.45) is 0 Å². The van der Waals surface area contributed by atoms with E-state index in [9.17, 15) is 14.4 Å². The molecule has 0 heterocycles. The highest BCUT2D eigenvalue weighted by molar-refractivity contribution is 5.71. The maximum atomic E-state index is 12.9. The number of carbonyl (C=O) groups is 3. The molecule has 0 aromatic rings. The van der Waals surface area contributed by atoms with Crippen molar-refractivity contribution in [2.75, 3.05) is 13.2 Å². The van der Waals surface area contributed by atoms with Crippen LogP contribution in [0.2, 0.25) is 0 Å². The summed E-state index contributed by atoms with van der Waals surface area (Å²) < 4.78 is 17.0. The first-order valence-electron chi connectivity index (χ1n) is 34.2. The van der Waals surface area contributed by atoms with Gasteiger partial charge in [0.2, 0.25) is 0 Å². The van der Waals surface area contributed by atoms with Gasteiger partial charge in [0.25, 0.3) is 0 Å². The summed E-state index contributed by atoms with van der Waals surface area (Å²) >= 11 is 0. The van der Waals surface area contributed by atoms with Crippen LogP contribution in [0.4, 0.5) is 0 Å². The molecule has 0 rings (SSSR count). The van der Waals surface area contributed by atoms with Gasteiger partial charge in [0.1, 0.15) is 13.2 Å². The molecule has 0 saturated heterocycles. The molecule has 1 atom stereocenters. The zero-order chi connectivity index (χ0) is 59.2. The van der Waals surface area contributed by atoms with Crippen molar-refractivity contribution in [1.82, 2.24) is 0 Å². The van der Waals surface area contributed by atoms with Crippen LogP contribution < -0.4 is 0 Å². The van der Waals surface area contributed by atoms with E-state index < -0.39 is 6.10 Å². The number of ether oxygens (including phenoxy) is 3. The predicted octanol–water partition coefficient (Wildman–Crippen LogP) is 23.7. The second kappa shape index (κ2) is 69.0. The standard InChI is InChI=1S/C76H126O6/c1-4-7-10-13-16-19-22-25-28-30-32-34-36-37-38-39-41-42-44-46-48-51-54-57-60-63-66-69-75(78)81-72-73(71-80-74(77)68-65-62-59-56-53-50-27-24-21-18-15-12-9-6-3)82-76(79)70-67-64-61-58-55-52-49-47-45-43-40-35-33-31-29-26-23-20-17-14-11-8-5-2/h7-8,10-11,15-20,24-29,32-35,43,45,73H,4-6,9,12-14,21-23,30-31,36-42,44,46-72H2,1-3H3/b10-7-,11-8-,18-15-,19-16-,20-17-,27-24-,28-25-,29-26-,34-32-,35-33-,45-43-. The van der Waals surface area contributed by atoms with Gasteiger partial charge in [0, 0.05) is 19.3 Å². The molecule has 6 heteroatoms. The molecule has 0 radical (unpaired) electrons. The van der Waals surface area contributed by atoms with E-state index in [0.29, 0.717) is 19.3 Å². The molecule has 0 aliphatic carbocycles. The lowest BCUT2D eigenvalue weighted by atomic mass is 10.0. The molecule has 0 aliphatic heterocycles. The third kappa shape index (κ3) is 66.4. The summed E-state index contributed by atoms with van der Waals surface area (Å²) in [6.07, 6.45) is 97.5. The lowest BCUT2D eigenvalue weighted by Gasteiger charge is -2.18. The average Bonchev–Trinajstić information content (AvgIpc) is 3.47. The summed E-state index contributed by atoms with van der Waals surface area (Å²) in [6.45, 7) is 6.37. The summed E-state index contributed by atoms with van der Waals surface area (Å²) in [7, 11) is 0. The topological polar surface area (TPSA) is 78.9 Å². The van der Waals surface area contributed by atoms with Crippen molar-refractivity contribution in [3.63, 3.8) is 0 Å². The van der Waals surface area contributed by atoms with Crippen molar-refractivity contribution in [3.8, 4) is 0 Å². The van der Waals surface area contributed by atoms with Gasteiger partial charge in [-0.1, -0.05) is 296 Å². The van der Waals surface area contributed by atoms with Crippen molar-refractivity contribution in [1.29, 1.82) is 0 Å². The summed E-state index contributed by atoms with van der Waals surface area (Å²) in [4.78, 5) is 38.4. The Morgan fingerprint density at radius 3 is 0.744 bits per heavy atom. The Labute approximate surface area is 506 Å². The number of hydrogen-bond donors (Lipinski definition) is 0. The number of unbranched alkanes of at least 4 members (excludes halogenated alkanes) is 28. The minimum absolute atomic E-state index is 0.0895. The first-order chi connectivity index (χ1) is 40.5. The second-order valence-electron chi connectivity index (χ2n) is 22.3. The molecule has 0 bridgehead atoms. The molecule has 0 fully saturated rings. The van der Waals surface area contributed by atoms with Gasteiger partial charge in [-0.3, -0.25) is 14.4 Å². The fourth-order valence-corrected chi connectivity index (χ4v) is 9.30. The summed E-state index contributed by atoms with van der Waals surface area (Å²) in [5.41, 5.74) is 0. The molecular formula is C76H126O6. The van der Waals surface area contributed by atoms with Gasteiger partial charge in [0.15, 0.2) is 6.10 Å². The summed E-state index contributed by atoms with van der Waals surface area (Å²) in [5, 5.41) is 0. The normalized spacial score (nSPS) is 13.0. The fraction of sp³-hybridized carbons (Fsp3) is 0.671. The van der Waals surface area contributed by atoms with Gasteiger partial charge < -0.3 is 14.2 Å². The van der Waals surface area contributed by atoms with Crippen LogP contribution in [0.25, 0.3) is 0 Å². The van der Waals surface area contributed by atoms with E-state index >= 15 is 0 Å². The van der Waals surface area contributed by atoms with Crippen molar-refractivity contribution < 1.29 is 28.6 Å². The Kier molecular flexibility index (Phi) is 65.3. The predicted molar refractivity (Wildman–Crippen MR) is 357 cm³/mol. The molecule has 82 heavy (non-hydrogen) atoms. The largest absolute Gasteiger partial charge is 0.462 e. The number of esters is 3. The number of carbonyl (C=O) groups excluding carboxylic acids is 3. The third-order valence-corrected chi connectivity index (χ3v) is 14.4. The van der Waals surface area contributed by atoms with E-state index in [1.165, 1.54) is 122 Å².